The molecule has 0 saturated carbocycles. The van der Waals surface area contributed by atoms with Gasteiger partial charge < -0.3 is 9.84 Å². The Morgan fingerprint density at radius 3 is 2.68 bits per heavy atom. The van der Waals surface area contributed by atoms with Crippen LogP contribution in [0.1, 0.15) is 5.56 Å². The predicted octanol–water partition coefficient (Wildman–Crippen LogP) is 2.80. The molecule has 100 valence electrons. The minimum Gasteiger partial charge on any atom is -0.481 e. The Hall–Kier alpha value is -2.23. The molecular weight excluding hydrogens is 263 g/mol. The number of carboxylic acids is 1. The van der Waals surface area contributed by atoms with Crippen LogP contribution in [0.25, 0.3) is 4.85 Å². The van der Waals surface area contributed by atoms with Crippen molar-refractivity contribution in [2.24, 2.45) is 5.92 Å². The lowest BCUT2D eigenvalue weighted by Crippen LogP contribution is -2.47. The Kier molecular flexibility index (Phi) is 3.10. The number of nitrogens with zero attached hydrogens (tertiary/aromatic N) is 1. The van der Waals surface area contributed by atoms with Gasteiger partial charge in [-0.3, -0.25) is 4.79 Å². The smallest absolute Gasteiger partial charge is 0.426 e. The predicted molar refractivity (Wildman–Crippen MR) is 58.0 cm³/mol. The van der Waals surface area contributed by atoms with Gasteiger partial charge in [-0.15, -0.1) is 0 Å². The van der Waals surface area contributed by atoms with Gasteiger partial charge in [0.2, 0.25) is 6.10 Å². The fraction of sp³-hybridized carbons (Fsp3) is 0.333. The Labute approximate surface area is 106 Å². The number of hydrogen-bond donors (Lipinski definition) is 1. The molecule has 0 aromatic heterocycles. The summed E-state index contributed by atoms with van der Waals surface area (Å²) >= 11 is 0. The lowest BCUT2D eigenvalue weighted by molar-refractivity contribution is -0.217. The monoisotopic (exact) mass is 271 g/mol. The first-order valence-electron chi connectivity index (χ1n) is 5.29. The quantitative estimate of drug-likeness (QED) is 0.799. The lowest BCUT2D eigenvalue weighted by atomic mass is 9.90. The first-order valence-corrected chi connectivity index (χ1v) is 5.29. The molecule has 1 aliphatic rings. The summed E-state index contributed by atoms with van der Waals surface area (Å²) in [5, 5.41) is 8.88. The van der Waals surface area contributed by atoms with Gasteiger partial charge in [-0.2, -0.15) is 13.2 Å². The molecule has 0 spiro atoms. The van der Waals surface area contributed by atoms with Gasteiger partial charge in [0.05, 0.1) is 6.57 Å². The molecule has 7 heteroatoms. The third-order valence-electron chi connectivity index (χ3n) is 2.87. The van der Waals surface area contributed by atoms with Gasteiger partial charge >= 0.3 is 12.1 Å². The number of carboxylic acid groups (broad SMARTS) is 1. The van der Waals surface area contributed by atoms with Crippen LogP contribution < -0.4 is 4.74 Å². The number of hydrogen-bond acceptors (Lipinski definition) is 2. The highest BCUT2D eigenvalue weighted by molar-refractivity contribution is 5.72. The third-order valence-corrected chi connectivity index (χ3v) is 2.87. The van der Waals surface area contributed by atoms with Crippen molar-refractivity contribution < 1.29 is 27.8 Å². The fourth-order valence-electron chi connectivity index (χ4n) is 1.98. The van der Waals surface area contributed by atoms with Crippen LogP contribution in [-0.4, -0.2) is 23.4 Å². The van der Waals surface area contributed by atoms with Crippen LogP contribution in [-0.2, 0) is 11.2 Å². The SMILES string of the molecule is [C-]#[N+]c1ccc2c(c1)C[C@@H](C(=O)O)[C@@H](C(F)(F)F)O2. The minimum absolute atomic E-state index is 0.0211. The minimum atomic E-state index is -4.75. The van der Waals surface area contributed by atoms with E-state index in [-0.39, 0.29) is 17.9 Å². The number of aliphatic carboxylic acids is 1. The Morgan fingerprint density at radius 2 is 2.16 bits per heavy atom. The van der Waals surface area contributed by atoms with Crippen LogP contribution in [0.15, 0.2) is 18.2 Å². The van der Waals surface area contributed by atoms with Crippen LogP contribution in [0, 0.1) is 12.5 Å². The molecule has 0 unspecified atom stereocenters. The zero-order valence-electron chi connectivity index (χ0n) is 9.44. The Morgan fingerprint density at radius 1 is 1.47 bits per heavy atom. The number of rotatable bonds is 1. The molecule has 1 aliphatic heterocycles. The first kappa shape index (κ1) is 13.2. The zero-order chi connectivity index (χ0) is 14.2. The normalized spacial score (nSPS) is 22.0. The van der Waals surface area contributed by atoms with Gasteiger partial charge in [-0.1, -0.05) is 6.07 Å². The maximum Gasteiger partial charge on any atom is 0.426 e. The topological polar surface area (TPSA) is 50.9 Å². The van der Waals surface area contributed by atoms with E-state index in [1.165, 1.54) is 18.2 Å². The van der Waals surface area contributed by atoms with E-state index in [4.69, 9.17) is 16.4 Å². The highest BCUT2D eigenvalue weighted by atomic mass is 19.4. The van der Waals surface area contributed by atoms with E-state index in [2.05, 4.69) is 4.85 Å². The number of halogens is 3. The average molecular weight is 271 g/mol. The van der Waals surface area contributed by atoms with Gasteiger partial charge in [0.1, 0.15) is 11.7 Å². The van der Waals surface area contributed by atoms with E-state index < -0.39 is 24.2 Å². The maximum atomic E-state index is 12.8. The van der Waals surface area contributed by atoms with Gasteiger partial charge in [-0.25, -0.2) is 4.85 Å². The number of fused-ring (bicyclic) bond motifs is 1. The van der Waals surface area contributed by atoms with Crippen molar-refractivity contribution in [2.75, 3.05) is 0 Å². The zero-order valence-corrected chi connectivity index (χ0v) is 9.44. The van der Waals surface area contributed by atoms with Crippen LogP contribution >= 0.6 is 0 Å². The largest absolute Gasteiger partial charge is 0.481 e. The number of ether oxygens (including phenoxy) is 1. The molecular formula is C12H8F3NO3. The van der Waals surface area contributed by atoms with Gasteiger partial charge in [0.15, 0.2) is 5.69 Å². The molecule has 0 aliphatic carbocycles. The van der Waals surface area contributed by atoms with Crippen LogP contribution in [0.3, 0.4) is 0 Å². The van der Waals surface area contributed by atoms with Crippen molar-refractivity contribution in [1.29, 1.82) is 0 Å². The van der Waals surface area contributed by atoms with Crippen molar-refractivity contribution in [3.8, 4) is 5.75 Å². The molecule has 4 nitrogen and oxygen atoms in total. The Balaban J connectivity index is 2.42. The average Bonchev–Trinajstić information content (AvgIpc) is 2.35. The van der Waals surface area contributed by atoms with Crippen molar-refractivity contribution >= 4 is 11.7 Å². The number of alkyl halides is 3. The summed E-state index contributed by atoms with van der Waals surface area (Å²) in [6, 6.07) is 3.95. The summed E-state index contributed by atoms with van der Waals surface area (Å²) in [7, 11) is 0. The maximum absolute atomic E-state index is 12.8. The third kappa shape index (κ3) is 2.47. The summed E-state index contributed by atoms with van der Waals surface area (Å²) in [6.45, 7) is 6.82. The highest BCUT2D eigenvalue weighted by Crippen LogP contribution is 2.39. The highest BCUT2D eigenvalue weighted by Gasteiger charge is 2.52. The second-order valence-corrected chi connectivity index (χ2v) is 4.13. The molecule has 0 saturated heterocycles. The second kappa shape index (κ2) is 4.46. The van der Waals surface area contributed by atoms with Crippen molar-refractivity contribution in [3.63, 3.8) is 0 Å². The van der Waals surface area contributed by atoms with Gasteiger partial charge in [-0.05, 0) is 24.1 Å². The molecule has 2 rings (SSSR count). The fourth-order valence-corrected chi connectivity index (χ4v) is 1.98. The number of carbonyl (C=O) groups is 1. The van der Waals surface area contributed by atoms with Crippen molar-refractivity contribution in [2.45, 2.75) is 18.7 Å². The molecule has 1 heterocycles. The summed E-state index contributed by atoms with van der Waals surface area (Å²) < 4.78 is 43.0. The summed E-state index contributed by atoms with van der Waals surface area (Å²) in [5.41, 5.74) is 0.540. The molecule has 0 fully saturated rings. The molecule has 0 amide bonds. The summed E-state index contributed by atoms with van der Waals surface area (Å²) in [5.74, 6) is -3.29. The second-order valence-electron chi connectivity index (χ2n) is 4.13. The van der Waals surface area contributed by atoms with Gasteiger partial charge in [0.25, 0.3) is 0 Å². The van der Waals surface area contributed by atoms with Crippen LogP contribution in [0.2, 0.25) is 0 Å². The van der Waals surface area contributed by atoms with Gasteiger partial charge in [0, 0.05) is 0 Å². The molecule has 1 N–H and O–H groups in total. The van der Waals surface area contributed by atoms with E-state index in [1.54, 1.807) is 0 Å². The summed E-state index contributed by atoms with van der Waals surface area (Å²) in [4.78, 5) is 14.1. The van der Waals surface area contributed by atoms with Crippen LogP contribution in [0.5, 0.6) is 5.75 Å². The van der Waals surface area contributed by atoms with E-state index in [0.29, 0.717) is 5.56 Å². The molecule has 0 bridgehead atoms. The Bertz CT molecular complexity index is 562. The van der Waals surface area contributed by atoms with Crippen molar-refractivity contribution in [3.05, 3.63) is 35.2 Å². The number of benzene rings is 1. The molecule has 0 radical (unpaired) electrons. The van der Waals surface area contributed by atoms with Crippen LogP contribution in [0.4, 0.5) is 18.9 Å². The van der Waals surface area contributed by atoms with E-state index in [0.717, 1.165) is 0 Å². The molecule has 1 aromatic carbocycles. The van der Waals surface area contributed by atoms with E-state index >= 15 is 0 Å². The van der Waals surface area contributed by atoms with E-state index in [9.17, 15) is 18.0 Å². The molecule has 19 heavy (non-hydrogen) atoms. The molecule has 1 aromatic rings. The standard InChI is InChI=1S/C12H8F3NO3/c1-16-7-2-3-9-6(4-7)5-8(11(17)18)10(19-9)12(13,14)15/h2-4,8,10H,5H2,(H,17,18)/t8-,10+/m1/s1. The summed E-state index contributed by atoms with van der Waals surface area (Å²) in [6.07, 6.45) is -7.42. The lowest BCUT2D eigenvalue weighted by Gasteiger charge is -2.32. The molecule has 2 atom stereocenters. The van der Waals surface area contributed by atoms with E-state index in [1.807, 2.05) is 0 Å². The van der Waals surface area contributed by atoms with Crippen molar-refractivity contribution in [1.82, 2.24) is 0 Å². The first-order chi connectivity index (χ1) is 8.82.